The first-order valence-electron chi connectivity index (χ1n) is 7.56. The fraction of sp³-hybridized carbons (Fsp3) is 0.562. The third-order valence-electron chi connectivity index (χ3n) is 4.06. The Kier molecular flexibility index (Phi) is 5.59. The largest absolute Gasteiger partial charge is 0.508 e. The van der Waals surface area contributed by atoms with Crippen molar-refractivity contribution in [3.8, 4) is 5.75 Å². The van der Waals surface area contributed by atoms with Gasteiger partial charge in [0.1, 0.15) is 5.75 Å². The second kappa shape index (κ2) is 7.43. The minimum Gasteiger partial charge on any atom is -0.508 e. The van der Waals surface area contributed by atoms with Crippen molar-refractivity contribution in [2.45, 2.75) is 44.2 Å². The quantitative estimate of drug-likeness (QED) is 0.700. The highest BCUT2D eigenvalue weighted by atomic mass is 16.3. The number of phenols is 1. The van der Waals surface area contributed by atoms with E-state index >= 15 is 0 Å². The van der Waals surface area contributed by atoms with Gasteiger partial charge < -0.3 is 20.8 Å². The number of aliphatic hydroxyl groups is 1. The number of hydrogen-bond acceptors (Lipinski definition) is 4. The van der Waals surface area contributed by atoms with Crippen molar-refractivity contribution in [1.29, 1.82) is 0 Å². The zero-order chi connectivity index (χ0) is 15.2. The number of rotatable bonds is 7. The van der Waals surface area contributed by atoms with Crippen LogP contribution < -0.4 is 5.73 Å². The molecule has 1 aliphatic carbocycles. The highest BCUT2D eigenvalue weighted by Gasteiger charge is 2.31. The Hall–Kier alpha value is -1.59. The maximum Gasteiger partial charge on any atom is 0.240 e. The van der Waals surface area contributed by atoms with E-state index in [1.807, 2.05) is 4.90 Å². The molecule has 0 spiro atoms. The van der Waals surface area contributed by atoms with E-state index in [-0.39, 0.29) is 24.3 Å². The number of carbonyl (C=O) groups excluding carboxylic acids is 1. The van der Waals surface area contributed by atoms with Gasteiger partial charge in [0.05, 0.1) is 6.04 Å². The first-order valence-corrected chi connectivity index (χ1v) is 7.56. The predicted molar refractivity (Wildman–Crippen MR) is 80.8 cm³/mol. The second-order valence-corrected chi connectivity index (χ2v) is 5.67. The van der Waals surface area contributed by atoms with E-state index in [2.05, 4.69) is 0 Å². The number of nitrogens with zero attached hydrogens (tertiary/aromatic N) is 1. The highest BCUT2D eigenvalue weighted by molar-refractivity contribution is 5.82. The Labute approximate surface area is 125 Å². The molecule has 0 bridgehead atoms. The molecule has 5 nitrogen and oxygen atoms in total. The summed E-state index contributed by atoms with van der Waals surface area (Å²) in [4.78, 5) is 14.4. The van der Waals surface area contributed by atoms with Crippen LogP contribution in [-0.4, -0.2) is 46.3 Å². The van der Waals surface area contributed by atoms with Crippen LogP contribution in [-0.2, 0) is 11.2 Å². The van der Waals surface area contributed by atoms with E-state index in [0.717, 1.165) is 24.8 Å². The first-order chi connectivity index (χ1) is 10.1. The predicted octanol–water partition coefficient (Wildman–Crippen LogP) is 1.03. The van der Waals surface area contributed by atoms with Gasteiger partial charge in [0, 0.05) is 19.2 Å². The summed E-state index contributed by atoms with van der Waals surface area (Å²) in [7, 11) is 0. The molecule has 1 atom stereocenters. The molecule has 1 fully saturated rings. The Balaban J connectivity index is 1.96. The molecule has 116 valence electrons. The summed E-state index contributed by atoms with van der Waals surface area (Å²) in [6.07, 6.45) is 4.27. The number of phenolic OH excluding ortho intramolecular Hbond substituents is 1. The van der Waals surface area contributed by atoms with Crippen LogP contribution in [0, 0.1) is 0 Å². The summed E-state index contributed by atoms with van der Waals surface area (Å²) >= 11 is 0. The fourth-order valence-electron chi connectivity index (χ4n) is 2.60. The molecule has 0 heterocycles. The number of carbonyl (C=O) groups is 1. The number of aliphatic hydroxyl groups excluding tert-OH is 1. The Morgan fingerprint density at radius 3 is 2.52 bits per heavy atom. The molecular formula is C16H24N2O3. The van der Waals surface area contributed by atoms with Crippen LogP contribution in [0.25, 0.3) is 0 Å². The maximum absolute atomic E-state index is 12.5. The molecule has 0 unspecified atom stereocenters. The molecule has 1 aromatic carbocycles. The van der Waals surface area contributed by atoms with Gasteiger partial charge in [-0.25, -0.2) is 0 Å². The SMILES string of the molecule is N[C@@H](Cc1ccc(O)cc1)C(=O)N(CCCO)C1CCC1. The summed E-state index contributed by atoms with van der Waals surface area (Å²) < 4.78 is 0. The van der Waals surface area contributed by atoms with E-state index < -0.39 is 6.04 Å². The smallest absolute Gasteiger partial charge is 0.240 e. The standard InChI is InChI=1S/C16H24N2O3/c17-15(11-12-5-7-14(20)8-6-12)16(21)18(9-2-10-19)13-3-1-4-13/h5-8,13,15,19-20H,1-4,9-11,17H2/t15-/m0/s1. The molecule has 0 saturated heterocycles. The normalized spacial score (nSPS) is 16.3. The average molecular weight is 292 g/mol. The molecule has 0 aliphatic heterocycles. The van der Waals surface area contributed by atoms with E-state index in [1.54, 1.807) is 24.3 Å². The Morgan fingerprint density at radius 1 is 1.33 bits per heavy atom. The van der Waals surface area contributed by atoms with Gasteiger partial charge in [-0.05, 0) is 49.8 Å². The zero-order valence-electron chi connectivity index (χ0n) is 12.2. The van der Waals surface area contributed by atoms with Crippen LogP contribution in [0.1, 0.15) is 31.2 Å². The van der Waals surface area contributed by atoms with Gasteiger partial charge in [0.2, 0.25) is 5.91 Å². The third kappa shape index (κ3) is 4.19. The van der Waals surface area contributed by atoms with Crippen molar-refractivity contribution in [1.82, 2.24) is 4.90 Å². The van der Waals surface area contributed by atoms with Crippen LogP contribution in [0.2, 0.25) is 0 Å². The van der Waals surface area contributed by atoms with Crippen molar-refractivity contribution >= 4 is 5.91 Å². The molecule has 4 N–H and O–H groups in total. The molecule has 2 rings (SSSR count). The molecule has 1 saturated carbocycles. The summed E-state index contributed by atoms with van der Waals surface area (Å²) in [6.45, 7) is 0.660. The minimum atomic E-state index is -0.575. The summed E-state index contributed by atoms with van der Waals surface area (Å²) in [5.41, 5.74) is 6.99. The second-order valence-electron chi connectivity index (χ2n) is 5.67. The maximum atomic E-state index is 12.5. The lowest BCUT2D eigenvalue weighted by Gasteiger charge is -2.39. The van der Waals surface area contributed by atoms with Crippen LogP contribution in [0.3, 0.4) is 0 Å². The van der Waals surface area contributed by atoms with Crippen LogP contribution in [0.5, 0.6) is 5.75 Å². The van der Waals surface area contributed by atoms with Gasteiger partial charge >= 0.3 is 0 Å². The zero-order valence-corrected chi connectivity index (χ0v) is 12.2. The van der Waals surface area contributed by atoms with Gasteiger partial charge in [-0.3, -0.25) is 4.79 Å². The summed E-state index contributed by atoms with van der Waals surface area (Å²) in [5, 5.41) is 18.2. The van der Waals surface area contributed by atoms with E-state index in [1.165, 1.54) is 0 Å². The number of nitrogens with two attached hydrogens (primary N) is 1. The van der Waals surface area contributed by atoms with Gasteiger partial charge in [0.15, 0.2) is 0 Å². The van der Waals surface area contributed by atoms with Crippen LogP contribution >= 0.6 is 0 Å². The van der Waals surface area contributed by atoms with Crippen molar-refractivity contribution in [3.05, 3.63) is 29.8 Å². The van der Waals surface area contributed by atoms with E-state index in [0.29, 0.717) is 19.4 Å². The van der Waals surface area contributed by atoms with Crippen LogP contribution in [0.4, 0.5) is 0 Å². The van der Waals surface area contributed by atoms with Crippen molar-refractivity contribution < 1.29 is 15.0 Å². The fourth-order valence-corrected chi connectivity index (χ4v) is 2.60. The number of benzene rings is 1. The lowest BCUT2D eigenvalue weighted by atomic mass is 9.90. The van der Waals surface area contributed by atoms with Gasteiger partial charge in [0.25, 0.3) is 0 Å². The number of amides is 1. The summed E-state index contributed by atoms with van der Waals surface area (Å²) in [6, 6.07) is 6.47. The summed E-state index contributed by atoms with van der Waals surface area (Å²) in [5.74, 6) is 0.166. The third-order valence-corrected chi connectivity index (χ3v) is 4.06. The Morgan fingerprint density at radius 2 is 2.00 bits per heavy atom. The monoisotopic (exact) mass is 292 g/mol. The minimum absolute atomic E-state index is 0.0405. The highest BCUT2D eigenvalue weighted by Crippen LogP contribution is 2.25. The molecule has 0 aromatic heterocycles. The lowest BCUT2D eigenvalue weighted by molar-refractivity contribution is -0.136. The number of aromatic hydroxyl groups is 1. The van der Waals surface area contributed by atoms with E-state index in [4.69, 9.17) is 10.8 Å². The molecule has 1 aliphatic rings. The molecule has 1 amide bonds. The van der Waals surface area contributed by atoms with Gasteiger partial charge in [-0.2, -0.15) is 0 Å². The van der Waals surface area contributed by atoms with Crippen molar-refractivity contribution in [2.75, 3.05) is 13.2 Å². The molecular weight excluding hydrogens is 268 g/mol. The molecule has 0 radical (unpaired) electrons. The average Bonchev–Trinajstić information content (AvgIpc) is 2.43. The topological polar surface area (TPSA) is 86.8 Å². The van der Waals surface area contributed by atoms with Crippen molar-refractivity contribution in [2.24, 2.45) is 5.73 Å². The van der Waals surface area contributed by atoms with E-state index in [9.17, 15) is 9.90 Å². The van der Waals surface area contributed by atoms with Gasteiger partial charge in [-0.1, -0.05) is 12.1 Å². The number of hydrogen-bond donors (Lipinski definition) is 3. The van der Waals surface area contributed by atoms with Crippen LogP contribution in [0.15, 0.2) is 24.3 Å². The molecule has 5 heteroatoms. The first kappa shape index (κ1) is 15.8. The van der Waals surface area contributed by atoms with Crippen molar-refractivity contribution in [3.63, 3.8) is 0 Å². The lowest BCUT2D eigenvalue weighted by Crippen LogP contribution is -2.52. The van der Waals surface area contributed by atoms with Gasteiger partial charge in [-0.15, -0.1) is 0 Å². The Bertz CT molecular complexity index is 457. The molecule has 21 heavy (non-hydrogen) atoms. The molecule has 1 aromatic rings.